The van der Waals surface area contributed by atoms with Crippen LogP contribution in [0.3, 0.4) is 0 Å². The van der Waals surface area contributed by atoms with Crippen molar-refractivity contribution in [2.24, 2.45) is 5.41 Å². The molecule has 0 radical (unpaired) electrons. The molecule has 4 aromatic carbocycles. The monoisotopic (exact) mass is 443 g/mol. The highest BCUT2D eigenvalue weighted by molar-refractivity contribution is 7.73. The maximum atomic E-state index is 10.7. The summed E-state index contributed by atoms with van der Waals surface area (Å²) in [6, 6.07) is 43.5. The summed E-state index contributed by atoms with van der Waals surface area (Å²) in [5.41, 5.74) is 3.14. The van der Waals surface area contributed by atoms with Crippen LogP contribution in [-0.2, 0) is 6.42 Å². The third-order valence-corrected chi connectivity index (χ3v) is 9.18. The van der Waals surface area contributed by atoms with Crippen LogP contribution in [0.5, 0.6) is 0 Å². The quantitative estimate of drug-likeness (QED) is 0.305. The summed E-state index contributed by atoms with van der Waals surface area (Å²) in [7, 11) is -0.622. The second-order valence-corrected chi connectivity index (χ2v) is 10.9. The van der Waals surface area contributed by atoms with E-state index in [-0.39, 0.29) is 5.92 Å². The second-order valence-electron chi connectivity index (χ2n) is 8.61. The van der Waals surface area contributed by atoms with Crippen LogP contribution in [-0.4, -0.2) is 6.16 Å². The van der Waals surface area contributed by atoms with Crippen molar-refractivity contribution in [3.8, 4) is 6.07 Å². The first-order valence-corrected chi connectivity index (χ1v) is 12.9. The van der Waals surface area contributed by atoms with Crippen molar-refractivity contribution in [3.05, 3.63) is 138 Å². The van der Waals surface area contributed by atoms with Gasteiger partial charge in [-0.05, 0) is 47.8 Å². The Balaban J connectivity index is 1.62. The highest BCUT2D eigenvalue weighted by Crippen LogP contribution is 2.51. The van der Waals surface area contributed by atoms with E-state index >= 15 is 0 Å². The summed E-state index contributed by atoms with van der Waals surface area (Å²) >= 11 is 0. The molecule has 33 heavy (non-hydrogen) atoms. The first-order chi connectivity index (χ1) is 16.3. The van der Waals surface area contributed by atoms with E-state index in [0.717, 1.165) is 6.16 Å². The van der Waals surface area contributed by atoms with Crippen molar-refractivity contribution in [1.29, 1.82) is 5.26 Å². The fraction of sp³-hybridized carbons (Fsp3) is 0.129. The number of nitriles is 1. The van der Waals surface area contributed by atoms with Gasteiger partial charge in [0.05, 0.1) is 11.5 Å². The molecule has 4 aromatic rings. The third kappa shape index (κ3) is 4.41. The number of fused-ring (bicyclic) bond motifs is 1. The van der Waals surface area contributed by atoms with Crippen molar-refractivity contribution >= 4 is 24.6 Å². The molecule has 0 bridgehead atoms. The van der Waals surface area contributed by atoms with E-state index in [4.69, 9.17) is 0 Å². The number of nitrogens with zero attached hydrogens (tertiary/aromatic N) is 1. The molecule has 2 atom stereocenters. The third-order valence-electron chi connectivity index (χ3n) is 6.60. The minimum absolute atomic E-state index is 0.107. The van der Waals surface area contributed by atoms with E-state index in [1.54, 1.807) is 0 Å². The lowest BCUT2D eigenvalue weighted by Gasteiger charge is -2.39. The van der Waals surface area contributed by atoms with E-state index < -0.39 is 13.3 Å². The van der Waals surface area contributed by atoms with E-state index in [1.165, 1.54) is 27.3 Å². The Bertz CT molecular complexity index is 1240. The fourth-order valence-corrected chi connectivity index (χ4v) is 7.57. The fourth-order valence-electron chi connectivity index (χ4n) is 4.90. The van der Waals surface area contributed by atoms with Gasteiger partial charge in [0.2, 0.25) is 0 Å². The van der Waals surface area contributed by atoms with Crippen LogP contribution in [0.2, 0.25) is 0 Å². The standard InChI is InChI=1S/C31H26NP/c32-24-31(22-25-12-4-1-5-13-25)21-20-26-14-10-11-19-29(26)30(31)23-33(27-15-6-2-7-16-27)28-17-8-3-9-18-28/h1-21,30H,22-23H2. The molecular weight excluding hydrogens is 417 g/mol. The average Bonchev–Trinajstić information content (AvgIpc) is 2.89. The molecule has 5 rings (SSSR count). The van der Waals surface area contributed by atoms with Gasteiger partial charge in [0.1, 0.15) is 0 Å². The molecule has 160 valence electrons. The zero-order chi connectivity index (χ0) is 22.5. The Morgan fingerprint density at radius 1 is 0.697 bits per heavy atom. The first-order valence-electron chi connectivity index (χ1n) is 11.4. The molecule has 0 aliphatic heterocycles. The molecule has 2 unspecified atom stereocenters. The minimum Gasteiger partial charge on any atom is -0.197 e. The van der Waals surface area contributed by atoms with Crippen molar-refractivity contribution in [3.63, 3.8) is 0 Å². The highest BCUT2D eigenvalue weighted by Gasteiger charge is 2.42. The Morgan fingerprint density at radius 3 is 1.85 bits per heavy atom. The Hall–Kier alpha value is -3.46. The molecular formula is C31H26NP. The average molecular weight is 444 g/mol. The van der Waals surface area contributed by atoms with Crippen LogP contribution in [0, 0.1) is 16.7 Å². The molecule has 2 heteroatoms. The topological polar surface area (TPSA) is 23.8 Å². The molecule has 0 fully saturated rings. The van der Waals surface area contributed by atoms with Crippen molar-refractivity contribution in [1.82, 2.24) is 0 Å². The van der Waals surface area contributed by atoms with Gasteiger partial charge in [-0.25, -0.2) is 0 Å². The van der Waals surface area contributed by atoms with Crippen molar-refractivity contribution in [2.75, 3.05) is 6.16 Å². The molecule has 0 aromatic heterocycles. The molecule has 0 saturated heterocycles. The zero-order valence-electron chi connectivity index (χ0n) is 18.5. The maximum Gasteiger partial charge on any atom is 0.0868 e. The molecule has 0 spiro atoms. The van der Waals surface area contributed by atoms with Crippen LogP contribution in [0.25, 0.3) is 6.08 Å². The largest absolute Gasteiger partial charge is 0.197 e. The van der Waals surface area contributed by atoms with Crippen LogP contribution in [0.1, 0.15) is 22.6 Å². The van der Waals surface area contributed by atoms with Gasteiger partial charge in [-0.15, -0.1) is 0 Å². The summed E-state index contributed by atoms with van der Waals surface area (Å²) < 4.78 is 0. The van der Waals surface area contributed by atoms with Crippen LogP contribution >= 0.6 is 7.92 Å². The summed E-state index contributed by atoms with van der Waals surface area (Å²) in [4.78, 5) is 0. The van der Waals surface area contributed by atoms with Crippen LogP contribution < -0.4 is 10.6 Å². The lowest BCUT2D eigenvalue weighted by Crippen LogP contribution is -2.34. The van der Waals surface area contributed by atoms with Gasteiger partial charge >= 0.3 is 0 Å². The van der Waals surface area contributed by atoms with Gasteiger partial charge in [-0.2, -0.15) is 5.26 Å². The molecule has 0 saturated carbocycles. The highest BCUT2D eigenvalue weighted by atomic mass is 31.1. The Kier molecular flexibility index (Phi) is 6.21. The summed E-state index contributed by atoms with van der Waals surface area (Å²) in [5.74, 6) is 0.107. The van der Waals surface area contributed by atoms with Crippen molar-refractivity contribution in [2.45, 2.75) is 12.3 Å². The van der Waals surface area contributed by atoms with Gasteiger partial charge in [0.15, 0.2) is 0 Å². The van der Waals surface area contributed by atoms with Crippen LogP contribution in [0.4, 0.5) is 0 Å². The summed E-state index contributed by atoms with van der Waals surface area (Å²) in [6.45, 7) is 0. The zero-order valence-corrected chi connectivity index (χ0v) is 19.4. The Labute approximate surface area is 197 Å². The minimum atomic E-state index is -0.622. The molecule has 0 amide bonds. The second kappa shape index (κ2) is 9.58. The number of rotatable bonds is 6. The van der Waals surface area contributed by atoms with Crippen LogP contribution in [0.15, 0.2) is 121 Å². The van der Waals surface area contributed by atoms with Gasteiger partial charge in [-0.3, -0.25) is 0 Å². The predicted molar refractivity (Wildman–Crippen MR) is 140 cm³/mol. The van der Waals surface area contributed by atoms with E-state index in [2.05, 4.69) is 127 Å². The summed E-state index contributed by atoms with van der Waals surface area (Å²) in [5, 5.41) is 13.4. The number of benzene rings is 4. The molecule has 0 N–H and O–H groups in total. The van der Waals surface area contributed by atoms with Gasteiger partial charge in [0, 0.05) is 5.92 Å². The number of hydrogen-bond donors (Lipinski definition) is 0. The Morgan fingerprint density at radius 2 is 1.24 bits per heavy atom. The van der Waals surface area contributed by atoms with Gasteiger partial charge < -0.3 is 0 Å². The van der Waals surface area contributed by atoms with E-state index in [1.807, 2.05) is 6.07 Å². The molecule has 1 nitrogen and oxygen atoms in total. The maximum absolute atomic E-state index is 10.7. The first kappa shape index (κ1) is 21.4. The lowest BCUT2D eigenvalue weighted by molar-refractivity contribution is 0.419. The normalized spacial score (nSPS) is 19.1. The lowest BCUT2D eigenvalue weighted by atomic mass is 9.66. The van der Waals surface area contributed by atoms with E-state index in [9.17, 15) is 5.26 Å². The summed E-state index contributed by atoms with van der Waals surface area (Å²) in [6.07, 6.45) is 5.99. The molecule has 1 aliphatic carbocycles. The number of allylic oxidation sites excluding steroid dienone is 1. The van der Waals surface area contributed by atoms with Crippen molar-refractivity contribution < 1.29 is 0 Å². The predicted octanol–water partition coefficient (Wildman–Crippen LogP) is 6.68. The van der Waals surface area contributed by atoms with E-state index in [0.29, 0.717) is 6.42 Å². The SMILES string of the molecule is N#CC1(Cc2ccccc2)C=Cc2ccccc2C1CP(c1ccccc1)c1ccccc1. The number of hydrogen-bond acceptors (Lipinski definition) is 1. The van der Waals surface area contributed by atoms with Gasteiger partial charge in [-0.1, -0.05) is 127 Å². The van der Waals surface area contributed by atoms with Gasteiger partial charge in [0.25, 0.3) is 0 Å². The smallest absolute Gasteiger partial charge is 0.0868 e. The molecule has 0 heterocycles. The molecule has 1 aliphatic rings.